The zero-order chi connectivity index (χ0) is 15.6. The van der Waals surface area contributed by atoms with Gasteiger partial charge in [0.1, 0.15) is 10.8 Å². The van der Waals surface area contributed by atoms with Gasteiger partial charge in [-0.2, -0.15) is 0 Å². The number of amides is 1. The minimum atomic E-state index is -0.184. The number of carbonyl (C=O) groups excluding carboxylic acids is 1. The quantitative estimate of drug-likeness (QED) is 0.856. The van der Waals surface area contributed by atoms with Crippen molar-refractivity contribution in [3.05, 3.63) is 41.2 Å². The van der Waals surface area contributed by atoms with Gasteiger partial charge >= 0.3 is 0 Å². The van der Waals surface area contributed by atoms with Crippen molar-refractivity contribution in [1.29, 1.82) is 0 Å². The Bertz CT molecular complexity index is 665. The molecule has 0 aliphatic carbocycles. The van der Waals surface area contributed by atoms with Crippen LogP contribution in [-0.2, 0) is 0 Å². The number of nitrogens with zero attached hydrogens (tertiary/aromatic N) is 1. The predicted octanol–water partition coefficient (Wildman–Crippen LogP) is 4.30. The largest absolute Gasteiger partial charge is 0.350 e. The van der Waals surface area contributed by atoms with E-state index in [1.54, 1.807) is 6.07 Å². The van der Waals surface area contributed by atoms with Crippen LogP contribution in [0.5, 0.6) is 0 Å². The van der Waals surface area contributed by atoms with E-state index in [0.717, 1.165) is 10.8 Å². The summed E-state index contributed by atoms with van der Waals surface area (Å²) in [4.78, 5) is 16.5. The summed E-state index contributed by atoms with van der Waals surface area (Å²) in [6.07, 6.45) is 0. The van der Waals surface area contributed by atoms with Crippen LogP contribution in [0.4, 0.5) is 0 Å². The summed E-state index contributed by atoms with van der Waals surface area (Å²) in [6, 6.07) is 9.42. The van der Waals surface area contributed by atoms with Gasteiger partial charge in [-0.25, -0.2) is 4.98 Å². The van der Waals surface area contributed by atoms with Crippen LogP contribution in [0, 0.1) is 11.3 Å². The Balaban J connectivity index is 2.20. The van der Waals surface area contributed by atoms with Gasteiger partial charge in [-0.3, -0.25) is 4.79 Å². The Morgan fingerprint density at radius 3 is 2.67 bits per heavy atom. The molecule has 2 aromatic rings. The third-order valence-corrected chi connectivity index (χ3v) is 4.48. The maximum atomic E-state index is 12.3. The number of halogens is 1. The minimum absolute atomic E-state index is 0.0380. The molecular formula is C17H21ClN2O. The SMILES string of the molecule is CC(C)C(C)(C)CNC(=O)c1cc2ccccc2c(Cl)n1. The first-order chi connectivity index (χ1) is 9.81. The standard InChI is InChI=1S/C17H21ClN2O/c1-11(2)17(3,4)10-19-16(21)14-9-12-7-5-6-8-13(12)15(18)20-14/h5-9,11H,10H2,1-4H3,(H,19,21). The number of hydrogen-bond donors (Lipinski definition) is 1. The van der Waals surface area contributed by atoms with Crippen molar-refractivity contribution in [2.75, 3.05) is 6.54 Å². The Hall–Kier alpha value is -1.61. The van der Waals surface area contributed by atoms with Crippen LogP contribution in [-0.4, -0.2) is 17.4 Å². The normalized spacial score (nSPS) is 11.9. The highest BCUT2D eigenvalue weighted by molar-refractivity contribution is 6.34. The van der Waals surface area contributed by atoms with Gasteiger partial charge < -0.3 is 5.32 Å². The minimum Gasteiger partial charge on any atom is -0.350 e. The maximum Gasteiger partial charge on any atom is 0.269 e. The fourth-order valence-electron chi connectivity index (χ4n) is 1.88. The molecule has 1 N–H and O–H groups in total. The smallest absolute Gasteiger partial charge is 0.269 e. The number of fused-ring (bicyclic) bond motifs is 1. The highest BCUT2D eigenvalue weighted by Gasteiger charge is 2.23. The van der Waals surface area contributed by atoms with Gasteiger partial charge in [0.2, 0.25) is 0 Å². The highest BCUT2D eigenvalue weighted by atomic mass is 35.5. The van der Waals surface area contributed by atoms with Crippen LogP contribution in [0.2, 0.25) is 5.15 Å². The van der Waals surface area contributed by atoms with Crippen LogP contribution in [0.15, 0.2) is 30.3 Å². The summed E-state index contributed by atoms with van der Waals surface area (Å²) in [5.74, 6) is 0.294. The zero-order valence-electron chi connectivity index (χ0n) is 12.9. The van der Waals surface area contributed by atoms with Crippen LogP contribution >= 0.6 is 11.6 Å². The van der Waals surface area contributed by atoms with E-state index in [1.165, 1.54) is 0 Å². The molecule has 112 valence electrons. The van der Waals surface area contributed by atoms with E-state index in [2.05, 4.69) is 38.0 Å². The molecule has 0 fully saturated rings. The van der Waals surface area contributed by atoms with E-state index in [-0.39, 0.29) is 11.3 Å². The first-order valence-electron chi connectivity index (χ1n) is 7.15. The third kappa shape index (κ3) is 3.53. The molecule has 0 aliphatic rings. The van der Waals surface area contributed by atoms with Crippen molar-refractivity contribution in [2.24, 2.45) is 11.3 Å². The molecule has 0 saturated heterocycles. The summed E-state index contributed by atoms with van der Waals surface area (Å²) in [5.41, 5.74) is 0.397. The molecular weight excluding hydrogens is 284 g/mol. The van der Waals surface area contributed by atoms with Crippen molar-refractivity contribution in [3.8, 4) is 0 Å². The molecule has 3 nitrogen and oxygen atoms in total. The van der Waals surface area contributed by atoms with Gasteiger partial charge in [0, 0.05) is 11.9 Å². The number of hydrogen-bond acceptors (Lipinski definition) is 2. The molecule has 1 amide bonds. The Labute approximate surface area is 130 Å². The fourth-order valence-corrected chi connectivity index (χ4v) is 2.14. The Morgan fingerprint density at radius 1 is 1.33 bits per heavy atom. The number of nitrogens with one attached hydrogen (secondary N) is 1. The molecule has 21 heavy (non-hydrogen) atoms. The zero-order valence-corrected chi connectivity index (χ0v) is 13.7. The van der Waals surface area contributed by atoms with Gasteiger partial charge in [0.15, 0.2) is 0 Å². The monoisotopic (exact) mass is 304 g/mol. The second-order valence-electron chi connectivity index (χ2n) is 6.35. The molecule has 0 unspecified atom stereocenters. The van der Waals surface area contributed by atoms with Crippen LogP contribution in [0.1, 0.15) is 38.2 Å². The van der Waals surface area contributed by atoms with Crippen molar-refractivity contribution < 1.29 is 4.79 Å². The Kier molecular flexibility index (Phi) is 4.52. The maximum absolute atomic E-state index is 12.3. The lowest BCUT2D eigenvalue weighted by molar-refractivity contribution is 0.0920. The van der Waals surface area contributed by atoms with Gasteiger partial charge in [-0.15, -0.1) is 0 Å². The number of pyridine rings is 1. The lowest BCUT2D eigenvalue weighted by Gasteiger charge is -2.29. The lowest BCUT2D eigenvalue weighted by Crippen LogP contribution is -2.37. The van der Waals surface area contributed by atoms with Crippen molar-refractivity contribution >= 4 is 28.3 Å². The molecule has 0 aliphatic heterocycles. The number of rotatable bonds is 4. The summed E-state index contributed by atoms with van der Waals surface area (Å²) >= 11 is 6.16. The first kappa shape index (κ1) is 15.8. The second-order valence-corrected chi connectivity index (χ2v) is 6.70. The van der Waals surface area contributed by atoms with E-state index >= 15 is 0 Å². The average Bonchev–Trinajstić information content (AvgIpc) is 2.44. The molecule has 2 rings (SSSR count). The highest BCUT2D eigenvalue weighted by Crippen LogP contribution is 2.25. The molecule has 4 heteroatoms. The number of carbonyl (C=O) groups is 1. The van der Waals surface area contributed by atoms with Gasteiger partial charge in [0.25, 0.3) is 5.91 Å². The van der Waals surface area contributed by atoms with Crippen molar-refractivity contribution in [2.45, 2.75) is 27.7 Å². The predicted molar refractivity (Wildman–Crippen MR) is 87.7 cm³/mol. The van der Waals surface area contributed by atoms with Crippen LogP contribution in [0.3, 0.4) is 0 Å². The second kappa shape index (κ2) is 6.02. The van der Waals surface area contributed by atoms with Crippen molar-refractivity contribution in [1.82, 2.24) is 10.3 Å². The lowest BCUT2D eigenvalue weighted by atomic mass is 9.81. The molecule has 1 heterocycles. The van der Waals surface area contributed by atoms with E-state index in [9.17, 15) is 4.79 Å². The van der Waals surface area contributed by atoms with Crippen LogP contribution in [0.25, 0.3) is 10.8 Å². The molecule has 0 spiro atoms. The summed E-state index contributed by atoms with van der Waals surface area (Å²) in [7, 11) is 0. The Morgan fingerprint density at radius 2 is 2.00 bits per heavy atom. The third-order valence-electron chi connectivity index (χ3n) is 4.19. The number of aromatic nitrogens is 1. The van der Waals surface area contributed by atoms with E-state index in [4.69, 9.17) is 11.6 Å². The van der Waals surface area contributed by atoms with E-state index in [1.807, 2.05) is 24.3 Å². The molecule has 0 radical (unpaired) electrons. The summed E-state index contributed by atoms with van der Waals surface area (Å²) in [5, 5.41) is 5.10. The number of benzene rings is 1. The van der Waals surface area contributed by atoms with Crippen molar-refractivity contribution in [3.63, 3.8) is 0 Å². The summed E-state index contributed by atoms with van der Waals surface area (Å²) in [6.45, 7) is 9.18. The van der Waals surface area contributed by atoms with Gasteiger partial charge in [-0.1, -0.05) is 63.6 Å². The average molecular weight is 305 g/mol. The molecule has 0 bridgehead atoms. The van der Waals surface area contributed by atoms with E-state index < -0.39 is 0 Å². The van der Waals surface area contributed by atoms with Crippen LogP contribution < -0.4 is 5.32 Å². The molecule has 1 aromatic carbocycles. The molecule has 0 saturated carbocycles. The first-order valence-corrected chi connectivity index (χ1v) is 7.52. The molecule has 0 atom stereocenters. The summed E-state index contributed by atoms with van der Waals surface area (Å²) < 4.78 is 0. The van der Waals surface area contributed by atoms with Gasteiger partial charge in [0.05, 0.1) is 0 Å². The topological polar surface area (TPSA) is 42.0 Å². The molecule has 1 aromatic heterocycles. The van der Waals surface area contributed by atoms with Gasteiger partial charge in [-0.05, 0) is 22.8 Å². The fraction of sp³-hybridized carbons (Fsp3) is 0.412. The van der Waals surface area contributed by atoms with E-state index in [0.29, 0.717) is 23.3 Å².